The average Bonchev–Trinajstić information content (AvgIpc) is 2.65. The van der Waals surface area contributed by atoms with Crippen LogP contribution in [-0.2, 0) is 26.2 Å². The molecule has 9 nitrogen and oxygen atoms in total. The molecule has 2 aliphatic heterocycles. The van der Waals surface area contributed by atoms with E-state index in [2.05, 4.69) is 14.4 Å². The van der Waals surface area contributed by atoms with Crippen molar-refractivity contribution in [3.05, 3.63) is 54.0 Å². The zero-order valence-corrected chi connectivity index (χ0v) is 14.9. The molecule has 0 saturated heterocycles. The predicted octanol–water partition coefficient (Wildman–Crippen LogP) is 0.753. The van der Waals surface area contributed by atoms with Gasteiger partial charge < -0.3 is 15.4 Å². The Balaban J connectivity index is 1.48. The van der Waals surface area contributed by atoms with Crippen LogP contribution in [0, 0.1) is 0 Å². The molecule has 138 valence electrons. The Kier molecular flexibility index (Phi) is 4.11. The summed E-state index contributed by atoms with van der Waals surface area (Å²) in [7, 11) is -3.44. The van der Waals surface area contributed by atoms with Gasteiger partial charge in [-0.3, -0.25) is 0 Å². The third-order valence-corrected chi connectivity index (χ3v) is 5.23. The molecule has 1 aromatic heterocycles. The molecule has 2 aromatic rings. The number of hydrogen-bond donors (Lipinski definition) is 1. The number of para-hydroxylation sites is 1. The molecule has 27 heavy (non-hydrogen) atoms. The quantitative estimate of drug-likeness (QED) is 0.767. The summed E-state index contributed by atoms with van der Waals surface area (Å²) in [6, 6.07) is 7.29. The molecule has 0 bridgehead atoms. The number of carbonyl (C=O) groups excluding carboxylic acids is 1. The second-order valence-corrected chi connectivity index (χ2v) is 7.72. The third kappa shape index (κ3) is 3.51. The highest BCUT2D eigenvalue weighted by atomic mass is 32.2. The number of hydrogen-bond acceptors (Lipinski definition) is 8. The van der Waals surface area contributed by atoms with Gasteiger partial charge in [0.15, 0.2) is 12.4 Å². The number of ether oxygens (including phenoxy) is 1. The van der Waals surface area contributed by atoms with E-state index >= 15 is 0 Å². The summed E-state index contributed by atoms with van der Waals surface area (Å²) in [5.41, 5.74) is 6.87. The summed E-state index contributed by atoms with van der Waals surface area (Å²) in [5.74, 6) is 0.218. The summed E-state index contributed by atoms with van der Waals surface area (Å²) in [4.78, 5) is 22.4. The smallest absolute Gasteiger partial charge is 0.340 e. The molecule has 1 aromatic carbocycles. The van der Waals surface area contributed by atoms with Gasteiger partial charge in [0.2, 0.25) is 0 Å². The first-order valence-corrected chi connectivity index (χ1v) is 9.70. The number of sulfonamides is 1. The van der Waals surface area contributed by atoms with E-state index in [0.29, 0.717) is 17.2 Å². The number of rotatable bonds is 3. The first-order chi connectivity index (χ1) is 12.9. The van der Waals surface area contributed by atoms with Crippen LogP contribution in [0.5, 0.6) is 0 Å². The molecule has 0 fully saturated rings. The molecule has 2 N–H and O–H groups in total. The van der Waals surface area contributed by atoms with Crippen molar-refractivity contribution in [3.63, 3.8) is 0 Å². The van der Waals surface area contributed by atoms with E-state index in [0.717, 1.165) is 5.39 Å². The number of nitrogens with zero attached hydrogens (tertiary/aromatic N) is 4. The molecular weight excluding hydrogens is 370 g/mol. The van der Waals surface area contributed by atoms with Gasteiger partial charge in [-0.05, 0) is 24.3 Å². The van der Waals surface area contributed by atoms with Gasteiger partial charge >= 0.3 is 5.97 Å². The summed E-state index contributed by atoms with van der Waals surface area (Å²) >= 11 is 0. The number of nitrogens with two attached hydrogens (primary N) is 1. The fourth-order valence-corrected chi connectivity index (χ4v) is 3.72. The van der Waals surface area contributed by atoms with Crippen LogP contribution in [0.3, 0.4) is 0 Å². The minimum absolute atomic E-state index is 0.104. The van der Waals surface area contributed by atoms with Gasteiger partial charge in [0.25, 0.3) is 10.0 Å². The van der Waals surface area contributed by atoms with E-state index in [4.69, 9.17) is 10.5 Å². The molecule has 0 unspecified atom stereocenters. The maximum atomic E-state index is 12.3. The summed E-state index contributed by atoms with van der Waals surface area (Å²) < 4.78 is 32.0. The molecule has 0 spiro atoms. The van der Waals surface area contributed by atoms with Gasteiger partial charge in [-0.15, -0.1) is 4.40 Å². The van der Waals surface area contributed by atoms with Gasteiger partial charge in [-0.1, -0.05) is 12.1 Å². The molecule has 3 heterocycles. The Labute approximate surface area is 154 Å². The second-order valence-electron chi connectivity index (χ2n) is 5.97. The molecule has 0 saturated carbocycles. The van der Waals surface area contributed by atoms with Crippen LogP contribution in [0.2, 0.25) is 0 Å². The first-order valence-electron chi connectivity index (χ1n) is 8.09. The molecule has 10 heteroatoms. The van der Waals surface area contributed by atoms with Crippen LogP contribution in [0.1, 0.15) is 5.82 Å². The second kappa shape index (κ2) is 6.47. The number of amidine groups is 1. The lowest BCUT2D eigenvalue weighted by Gasteiger charge is -2.26. The fourth-order valence-electron chi connectivity index (χ4n) is 2.75. The minimum Gasteiger partial charge on any atom is -0.454 e. The monoisotopic (exact) mass is 385 g/mol. The van der Waals surface area contributed by atoms with Gasteiger partial charge in [-0.2, -0.15) is 0 Å². The number of esters is 1. The number of benzene rings is 1. The van der Waals surface area contributed by atoms with Crippen molar-refractivity contribution in [2.75, 3.05) is 18.0 Å². The Bertz CT molecular complexity index is 1140. The van der Waals surface area contributed by atoms with E-state index in [1.54, 1.807) is 11.0 Å². The van der Waals surface area contributed by atoms with Crippen molar-refractivity contribution in [2.24, 2.45) is 4.40 Å². The van der Waals surface area contributed by atoms with E-state index in [9.17, 15) is 13.2 Å². The summed E-state index contributed by atoms with van der Waals surface area (Å²) in [6.45, 7) is 0.0982. The average molecular weight is 385 g/mol. The van der Waals surface area contributed by atoms with E-state index in [1.807, 2.05) is 18.2 Å². The highest BCUT2D eigenvalue weighted by Gasteiger charge is 2.25. The fraction of sp³-hybridized carbons (Fsp3) is 0.176. The van der Waals surface area contributed by atoms with Crippen LogP contribution in [0.15, 0.2) is 52.6 Å². The Morgan fingerprint density at radius 3 is 2.89 bits per heavy atom. The zero-order chi connectivity index (χ0) is 19.0. The standard InChI is InChI=1S/C17H15N5O4S/c18-16-12-3-1-2-4-13(12)19-14(20-16)10-26-17(23)11-5-6-15-21-27(24,25)8-7-22(15)9-11/h1-6,9H,7-8,10H2,(H2,18,19,20). The molecule has 2 aliphatic rings. The lowest BCUT2D eigenvalue weighted by atomic mass is 10.2. The van der Waals surface area contributed by atoms with Crippen LogP contribution >= 0.6 is 0 Å². The van der Waals surface area contributed by atoms with E-state index in [1.165, 1.54) is 18.4 Å². The highest BCUT2D eigenvalue weighted by molar-refractivity contribution is 7.90. The minimum atomic E-state index is -3.44. The molecule has 4 rings (SSSR count). The van der Waals surface area contributed by atoms with Gasteiger partial charge in [-0.25, -0.2) is 23.2 Å². The Morgan fingerprint density at radius 1 is 1.22 bits per heavy atom. The number of nitrogen functional groups attached to an aromatic ring is 1. The van der Waals surface area contributed by atoms with Crippen molar-refractivity contribution in [2.45, 2.75) is 6.61 Å². The van der Waals surface area contributed by atoms with Crippen LogP contribution < -0.4 is 5.73 Å². The van der Waals surface area contributed by atoms with E-state index < -0.39 is 16.0 Å². The van der Waals surface area contributed by atoms with Crippen molar-refractivity contribution in [3.8, 4) is 0 Å². The molecule has 0 radical (unpaired) electrons. The number of fused-ring (bicyclic) bond motifs is 2. The third-order valence-electron chi connectivity index (χ3n) is 4.07. The zero-order valence-electron chi connectivity index (χ0n) is 14.1. The SMILES string of the molecule is Nc1nc(COC(=O)C2=CN3CCS(=O)(=O)N=C3C=C2)nc2ccccc12. The lowest BCUT2D eigenvalue weighted by Crippen LogP contribution is -2.37. The van der Waals surface area contributed by atoms with Crippen LogP contribution in [0.25, 0.3) is 10.9 Å². The molecule has 0 aliphatic carbocycles. The molecule has 0 amide bonds. The number of carbonyl (C=O) groups is 1. The van der Waals surface area contributed by atoms with Crippen LogP contribution in [0.4, 0.5) is 5.82 Å². The first kappa shape index (κ1) is 17.2. The lowest BCUT2D eigenvalue weighted by molar-refractivity contribution is -0.140. The molecule has 0 atom stereocenters. The number of anilines is 1. The van der Waals surface area contributed by atoms with Gasteiger partial charge in [0.1, 0.15) is 11.7 Å². The van der Waals surface area contributed by atoms with Gasteiger partial charge in [0.05, 0.1) is 16.8 Å². The largest absolute Gasteiger partial charge is 0.454 e. The Morgan fingerprint density at radius 2 is 2.04 bits per heavy atom. The molecular formula is C17H15N5O4S. The summed E-state index contributed by atoms with van der Waals surface area (Å²) in [5, 5.41) is 0.734. The maximum Gasteiger partial charge on any atom is 0.340 e. The maximum absolute atomic E-state index is 12.3. The van der Waals surface area contributed by atoms with E-state index in [-0.39, 0.29) is 30.3 Å². The van der Waals surface area contributed by atoms with Crippen molar-refractivity contribution < 1.29 is 17.9 Å². The predicted molar refractivity (Wildman–Crippen MR) is 98.9 cm³/mol. The van der Waals surface area contributed by atoms with Crippen molar-refractivity contribution in [1.82, 2.24) is 14.9 Å². The summed E-state index contributed by atoms with van der Waals surface area (Å²) in [6.07, 6.45) is 4.46. The van der Waals surface area contributed by atoms with Crippen molar-refractivity contribution >= 4 is 38.5 Å². The number of aromatic nitrogens is 2. The van der Waals surface area contributed by atoms with Crippen LogP contribution in [-0.4, -0.2) is 47.4 Å². The van der Waals surface area contributed by atoms with Gasteiger partial charge in [0, 0.05) is 18.1 Å². The highest BCUT2D eigenvalue weighted by Crippen LogP contribution is 2.19. The topological polar surface area (TPSA) is 128 Å². The normalized spacial score (nSPS) is 17.9. The van der Waals surface area contributed by atoms with Crippen molar-refractivity contribution in [1.29, 1.82) is 0 Å². The Hall–Kier alpha value is -3.27.